The predicted molar refractivity (Wildman–Crippen MR) is 99.1 cm³/mol. The van der Waals surface area contributed by atoms with Gasteiger partial charge in [-0.05, 0) is 18.1 Å². The van der Waals surface area contributed by atoms with E-state index in [4.69, 9.17) is 0 Å². The van der Waals surface area contributed by atoms with Crippen molar-refractivity contribution in [2.45, 2.75) is 13.3 Å². The van der Waals surface area contributed by atoms with E-state index >= 15 is 0 Å². The molecule has 3 aromatic rings. The zero-order valence-corrected chi connectivity index (χ0v) is 14.0. The van der Waals surface area contributed by atoms with Crippen LogP contribution in [0, 0.1) is 11.3 Å². The molecule has 1 heterocycles. The Morgan fingerprint density at radius 1 is 1.17 bits per heavy atom. The molecule has 2 aromatic carbocycles. The standard InChI is InChI=1S/C19H16N4S/c1-2-14-8-6-7-11-16(14)22-23-17(12-20)19-21-18(13-24-19)15-9-4-3-5-10-15/h3-11,13,22H,2H2,1H3. The average molecular weight is 332 g/mol. The summed E-state index contributed by atoms with van der Waals surface area (Å²) in [5.41, 5.74) is 7.23. The average Bonchev–Trinajstić information content (AvgIpc) is 3.13. The van der Waals surface area contributed by atoms with E-state index in [1.807, 2.05) is 60.0 Å². The van der Waals surface area contributed by atoms with Crippen LogP contribution in [0.1, 0.15) is 17.5 Å². The number of thiazole rings is 1. The van der Waals surface area contributed by atoms with Crippen molar-refractivity contribution in [3.63, 3.8) is 0 Å². The van der Waals surface area contributed by atoms with Gasteiger partial charge >= 0.3 is 0 Å². The number of aromatic nitrogens is 1. The van der Waals surface area contributed by atoms with Gasteiger partial charge in [0.2, 0.25) is 0 Å². The highest BCUT2D eigenvalue weighted by Crippen LogP contribution is 2.22. The summed E-state index contributed by atoms with van der Waals surface area (Å²) in [4.78, 5) is 4.53. The zero-order chi connectivity index (χ0) is 16.8. The molecule has 0 atom stereocenters. The highest BCUT2D eigenvalue weighted by Gasteiger charge is 2.10. The van der Waals surface area contributed by atoms with Crippen LogP contribution in [0.2, 0.25) is 0 Å². The molecule has 1 N–H and O–H groups in total. The first-order valence-electron chi connectivity index (χ1n) is 7.65. The van der Waals surface area contributed by atoms with Crippen molar-refractivity contribution in [3.8, 4) is 17.3 Å². The number of para-hydroxylation sites is 1. The SMILES string of the molecule is CCc1ccccc1NN=C(C#N)c1nc(-c2ccccc2)cs1. The minimum Gasteiger partial charge on any atom is -0.277 e. The summed E-state index contributed by atoms with van der Waals surface area (Å²) >= 11 is 1.42. The van der Waals surface area contributed by atoms with Gasteiger partial charge in [-0.1, -0.05) is 55.5 Å². The number of aryl methyl sites for hydroxylation is 1. The molecule has 0 radical (unpaired) electrons. The molecule has 24 heavy (non-hydrogen) atoms. The quantitative estimate of drug-likeness (QED) is 0.543. The first-order chi connectivity index (χ1) is 11.8. The number of anilines is 1. The van der Waals surface area contributed by atoms with Gasteiger partial charge in [-0.2, -0.15) is 10.4 Å². The van der Waals surface area contributed by atoms with Crippen molar-refractivity contribution in [2.24, 2.45) is 5.10 Å². The Morgan fingerprint density at radius 2 is 1.92 bits per heavy atom. The molecule has 0 saturated heterocycles. The molecule has 0 unspecified atom stereocenters. The van der Waals surface area contributed by atoms with Crippen LogP contribution >= 0.6 is 11.3 Å². The topological polar surface area (TPSA) is 61.1 Å². The third-order valence-corrected chi connectivity index (χ3v) is 4.42. The number of rotatable bonds is 5. The summed E-state index contributed by atoms with van der Waals surface area (Å²) < 4.78 is 0. The molecule has 0 bridgehead atoms. The van der Waals surface area contributed by atoms with Crippen molar-refractivity contribution in [1.29, 1.82) is 5.26 Å². The maximum atomic E-state index is 9.41. The van der Waals surface area contributed by atoms with Gasteiger partial charge in [0.15, 0.2) is 10.7 Å². The number of nitrogens with zero attached hydrogens (tertiary/aromatic N) is 3. The van der Waals surface area contributed by atoms with Gasteiger partial charge in [0.05, 0.1) is 11.4 Å². The van der Waals surface area contributed by atoms with Crippen molar-refractivity contribution in [2.75, 3.05) is 5.43 Å². The second kappa shape index (κ2) is 7.53. The summed E-state index contributed by atoms with van der Waals surface area (Å²) in [6.07, 6.45) is 0.899. The Balaban J connectivity index is 1.84. The van der Waals surface area contributed by atoms with E-state index in [9.17, 15) is 5.26 Å². The maximum Gasteiger partial charge on any atom is 0.196 e. The molecule has 0 saturated carbocycles. The third-order valence-electron chi connectivity index (χ3n) is 3.57. The molecule has 0 aliphatic heterocycles. The Morgan fingerprint density at radius 3 is 2.67 bits per heavy atom. The first kappa shape index (κ1) is 15.9. The van der Waals surface area contributed by atoms with Crippen LogP contribution < -0.4 is 5.43 Å². The number of hydrogen-bond donors (Lipinski definition) is 1. The van der Waals surface area contributed by atoms with Gasteiger partial charge < -0.3 is 0 Å². The van der Waals surface area contributed by atoms with E-state index in [0.29, 0.717) is 5.01 Å². The molecule has 5 heteroatoms. The van der Waals surface area contributed by atoms with E-state index in [0.717, 1.165) is 28.9 Å². The monoisotopic (exact) mass is 332 g/mol. The molecule has 0 spiro atoms. The lowest BCUT2D eigenvalue weighted by Gasteiger charge is -2.06. The van der Waals surface area contributed by atoms with Crippen molar-refractivity contribution < 1.29 is 0 Å². The summed E-state index contributed by atoms with van der Waals surface area (Å²) in [6.45, 7) is 2.09. The number of hydrogen-bond acceptors (Lipinski definition) is 5. The molecular formula is C19H16N4S. The fourth-order valence-corrected chi connectivity index (χ4v) is 3.06. The fraction of sp³-hybridized carbons (Fsp3) is 0.105. The number of benzene rings is 2. The predicted octanol–water partition coefficient (Wildman–Crippen LogP) is 4.71. The number of hydrazone groups is 1. The molecule has 0 fully saturated rings. The minimum absolute atomic E-state index is 0.285. The fourth-order valence-electron chi connectivity index (χ4n) is 2.30. The van der Waals surface area contributed by atoms with Gasteiger partial charge in [0.1, 0.15) is 6.07 Å². The molecule has 3 rings (SSSR count). The smallest absolute Gasteiger partial charge is 0.196 e. The highest BCUT2D eigenvalue weighted by atomic mass is 32.1. The van der Waals surface area contributed by atoms with Gasteiger partial charge in [-0.3, -0.25) is 5.43 Å². The summed E-state index contributed by atoms with van der Waals surface area (Å²) in [7, 11) is 0. The van der Waals surface area contributed by atoms with Gasteiger partial charge in [0, 0.05) is 10.9 Å². The van der Waals surface area contributed by atoms with Gasteiger partial charge in [-0.25, -0.2) is 4.98 Å². The second-order valence-corrected chi connectivity index (χ2v) is 5.96. The van der Waals surface area contributed by atoms with Gasteiger partial charge in [-0.15, -0.1) is 11.3 Å². The van der Waals surface area contributed by atoms with Crippen LogP contribution in [0.4, 0.5) is 5.69 Å². The molecule has 118 valence electrons. The minimum atomic E-state index is 0.285. The Bertz CT molecular complexity index is 891. The summed E-state index contributed by atoms with van der Waals surface area (Å²) in [5.74, 6) is 0. The lowest BCUT2D eigenvalue weighted by Crippen LogP contribution is -2.02. The Hall–Kier alpha value is -2.97. The van der Waals surface area contributed by atoms with Crippen LogP contribution in [0.5, 0.6) is 0 Å². The van der Waals surface area contributed by atoms with Crippen molar-refractivity contribution in [3.05, 3.63) is 70.5 Å². The lowest BCUT2D eigenvalue weighted by molar-refractivity contribution is 1.13. The Labute approximate surface area is 145 Å². The first-order valence-corrected chi connectivity index (χ1v) is 8.52. The third kappa shape index (κ3) is 3.50. The summed E-state index contributed by atoms with van der Waals surface area (Å²) in [5, 5.41) is 16.2. The van der Waals surface area contributed by atoms with E-state index in [1.54, 1.807) is 0 Å². The molecule has 0 aliphatic rings. The molecule has 4 nitrogen and oxygen atoms in total. The van der Waals surface area contributed by atoms with Crippen molar-refractivity contribution in [1.82, 2.24) is 4.98 Å². The Kier molecular flexibility index (Phi) is 4.99. The van der Waals surface area contributed by atoms with Crippen molar-refractivity contribution >= 4 is 22.7 Å². The van der Waals surface area contributed by atoms with E-state index in [1.165, 1.54) is 11.3 Å². The molecule has 0 aliphatic carbocycles. The highest BCUT2D eigenvalue weighted by molar-refractivity contribution is 7.12. The van der Waals surface area contributed by atoms with Gasteiger partial charge in [0.25, 0.3) is 0 Å². The largest absolute Gasteiger partial charge is 0.277 e. The summed E-state index contributed by atoms with van der Waals surface area (Å²) in [6, 6.07) is 20.0. The molecule has 1 aromatic heterocycles. The van der Waals surface area contributed by atoms with Crippen LogP contribution in [0.3, 0.4) is 0 Å². The zero-order valence-electron chi connectivity index (χ0n) is 13.2. The van der Waals surface area contributed by atoms with Crippen LogP contribution in [0.15, 0.2) is 65.1 Å². The van der Waals surface area contributed by atoms with Crippen LogP contribution in [0.25, 0.3) is 11.3 Å². The van der Waals surface area contributed by atoms with E-state index < -0.39 is 0 Å². The normalized spacial score (nSPS) is 11.1. The number of nitriles is 1. The van der Waals surface area contributed by atoms with E-state index in [-0.39, 0.29) is 5.71 Å². The van der Waals surface area contributed by atoms with E-state index in [2.05, 4.69) is 28.5 Å². The van der Waals surface area contributed by atoms with Crippen LogP contribution in [-0.4, -0.2) is 10.7 Å². The molecule has 0 amide bonds. The number of nitrogens with one attached hydrogen (secondary N) is 1. The second-order valence-electron chi connectivity index (χ2n) is 5.10. The molecular weight excluding hydrogens is 316 g/mol. The lowest BCUT2D eigenvalue weighted by atomic mass is 10.1. The van der Waals surface area contributed by atoms with Crippen LogP contribution in [-0.2, 0) is 6.42 Å². The maximum absolute atomic E-state index is 9.41.